The monoisotopic (exact) mass is 510 g/mol. The summed E-state index contributed by atoms with van der Waals surface area (Å²) in [5.74, 6) is 0.723. The number of nitrogens with one attached hydrogen (secondary N) is 1. The van der Waals surface area contributed by atoms with Crippen LogP contribution in [0.25, 0.3) is 0 Å². The number of amides is 1. The average molecular weight is 512 g/mol. The summed E-state index contributed by atoms with van der Waals surface area (Å²) in [5, 5.41) is 3.00. The van der Waals surface area contributed by atoms with Crippen LogP contribution < -0.4 is 5.32 Å². The summed E-state index contributed by atoms with van der Waals surface area (Å²) in [6.07, 6.45) is 1.13. The lowest BCUT2D eigenvalue weighted by atomic mass is 9.97. The summed E-state index contributed by atoms with van der Waals surface area (Å²) >= 11 is 5.08. The van der Waals surface area contributed by atoms with Gasteiger partial charge in [0.05, 0.1) is 5.75 Å². The third kappa shape index (κ3) is 6.83. The van der Waals surface area contributed by atoms with Crippen LogP contribution in [0.4, 0.5) is 0 Å². The Balaban J connectivity index is 1.40. The first-order chi connectivity index (χ1) is 14.3. The first-order valence-corrected chi connectivity index (χ1v) is 13.4. The Labute approximate surface area is 191 Å². The second-order valence-corrected chi connectivity index (χ2v) is 11.6. The highest BCUT2D eigenvalue weighted by atomic mass is 79.9. The summed E-state index contributed by atoms with van der Waals surface area (Å²) in [6, 6.07) is 15.7. The maximum atomic E-state index is 12.7. The number of benzene rings is 2. The number of aryl methyl sites for hydroxylation is 1. The maximum absolute atomic E-state index is 12.7. The van der Waals surface area contributed by atoms with E-state index in [9.17, 15) is 13.2 Å². The molecule has 1 aliphatic rings. The molecule has 1 saturated heterocycles. The predicted octanol–water partition coefficient (Wildman–Crippen LogP) is 4.21. The van der Waals surface area contributed by atoms with E-state index in [4.69, 9.17) is 0 Å². The van der Waals surface area contributed by atoms with Crippen molar-refractivity contribution in [3.63, 3.8) is 0 Å². The number of hydrogen-bond donors (Lipinski definition) is 1. The molecule has 0 unspecified atom stereocenters. The molecule has 5 nitrogen and oxygen atoms in total. The smallest absolute Gasteiger partial charge is 0.223 e. The van der Waals surface area contributed by atoms with Gasteiger partial charge in [-0.05, 0) is 49.6 Å². The fraction of sp³-hybridized carbons (Fsp3) is 0.409. The average Bonchev–Trinajstić information content (AvgIpc) is 2.74. The maximum Gasteiger partial charge on any atom is 0.223 e. The summed E-state index contributed by atoms with van der Waals surface area (Å²) < 4.78 is 27.8. The minimum Gasteiger partial charge on any atom is -0.355 e. The number of nitrogens with zero attached hydrogens (tertiary/aromatic N) is 1. The second kappa shape index (κ2) is 10.8. The molecule has 3 rings (SSSR count). The van der Waals surface area contributed by atoms with Crippen molar-refractivity contribution in [1.29, 1.82) is 0 Å². The number of carbonyl (C=O) groups is 1. The quantitative estimate of drug-likeness (QED) is 0.426. The predicted molar refractivity (Wildman–Crippen MR) is 126 cm³/mol. The van der Waals surface area contributed by atoms with Gasteiger partial charge in [-0.15, -0.1) is 11.8 Å². The van der Waals surface area contributed by atoms with Crippen molar-refractivity contribution < 1.29 is 13.2 Å². The molecule has 2 aromatic carbocycles. The Morgan fingerprint density at radius 3 is 2.37 bits per heavy atom. The topological polar surface area (TPSA) is 66.5 Å². The van der Waals surface area contributed by atoms with Crippen molar-refractivity contribution in [2.75, 3.05) is 25.4 Å². The van der Waals surface area contributed by atoms with E-state index in [-0.39, 0.29) is 17.6 Å². The van der Waals surface area contributed by atoms with Crippen molar-refractivity contribution in [1.82, 2.24) is 9.62 Å². The molecule has 2 aromatic rings. The van der Waals surface area contributed by atoms with Gasteiger partial charge in [0.2, 0.25) is 15.9 Å². The SMILES string of the molecule is Cc1ccc(SCCNC(=O)C2CCN(S(=O)(=O)Cc3ccc(Br)cc3)CC2)cc1. The third-order valence-electron chi connectivity index (χ3n) is 5.17. The highest BCUT2D eigenvalue weighted by Gasteiger charge is 2.31. The summed E-state index contributed by atoms with van der Waals surface area (Å²) in [5.41, 5.74) is 2.00. The number of carbonyl (C=O) groups excluding carboxylic acids is 1. The molecule has 1 heterocycles. The van der Waals surface area contributed by atoms with Gasteiger partial charge in [0, 0.05) is 40.7 Å². The Kier molecular flexibility index (Phi) is 8.39. The molecule has 162 valence electrons. The Bertz CT molecular complexity index is 939. The third-order valence-corrected chi connectivity index (χ3v) is 8.56. The molecule has 1 fully saturated rings. The lowest BCUT2D eigenvalue weighted by molar-refractivity contribution is -0.125. The number of halogens is 1. The minimum atomic E-state index is -3.37. The van der Waals surface area contributed by atoms with Gasteiger partial charge in [-0.3, -0.25) is 4.79 Å². The van der Waals surface area contributed by atoms with Crippen LogP contribution in [-0.2, 0) is 20.6 Å². The standard InChI is InChI=1S/C22H27BrN2O3S2/c1-17-2-8-21(9-3-17)29-15-12-24-22(26)19-10-13-25(14-11-19)30(27,28)16-18-4-6-20(23)7-5-18/h2-9,19H,10-16H2,1H3,(H,24,26). The van der Waals surface area contributed by atoms with Gasteiger partial charge in [0.15, 0.2) is 0 Å². The lowest BCUT2D eigenvalue weighted by Crippen LogP contribution is -2.43. The molecule has 30 heavy (non-hydrogen) atoms. The van der Waals surface area contributed by atoms with Crippen LogP contribution in [0, 0.1) is 12.8 Å². The zero-order valence-electron chi connectivity index (χ0n) is 17.0. The molecule has 0 aromatic heterocycles. The van der Waals surface area contributed by atoms with E-state index in [0.29, 0.717) is 32.5 Å². The van der Waals surface area contributed by atoms with Crippen LogP contribution in [0.2, 0.25) is 0 Å². The number of rotatable bonds is 8. The first-order valence-electron chi connectivity index (χ1n) is 10.0. The Morgan fingerprint density at radius 2 is 1.73 bits per heavy atom. The van der Waals surface area contributed by atoms with Crippen molar-refractivity contribution in [3.8, 4) is 0 Å². The van der Waals surface area contributed by atoms with Crippen molar-refractivity contribution in [2.24, 2.45) is 5.92 Å². The van der Waals surface area contributed by atoms with Crippen LogP contribution in [0.5, 0.6) is 0 Å². The lowest BCUT2D eigenvalue weighted by Gasteiger charge is -2.30. The van der Waals surface area contributed by atoms with E-state index in [1.54, 1.807) is 11.8 Å². The molecular weight excluding hydrogens is 484 g/mol. The van der Waals surface area contributed by atoms with E-state index in [0.717, 1.165) is 15.8 Å². The number of piperidine rings is 1. The molecule has 1 N–H and O–H groups in total. The van der Waals surface area contributed by atoms with Gasteiger partial charge in [-0.1, -0.05) is 45.8 Å². The molecule has 0 bridgehead atoms. The Morgan fingerprint density at radius 1 is 1.10 bits per heavy atom. The van der Waals surface area contributed by atoms with Gasteiger partial charge in [-0.25, -0.2) is 12.7 Å². The molecule has 1 amide bonds. The minimum absolute atomic E-state index is 0.00657. The molecule has 0 aliphatic carbocycles. The first kappa shape index (κ1) is 23.3. The molecule has 0 atom stereocenters. The van der Waals surface area contributed by atoms with Gasteiger partial charge < -0.3 is 5.32 Å². The van der Waals surface area contributed by atoms with Gasteiger partial charge >= 0.3 is 0 Å². The molecule has 1 aliphatic heterocycles. The van der Waals surface area contributed by atoms with Crippen molar-refractivity contribution in [2.45, 2.75) is 30.4 Å². The van der Waals surface area contributed by atoms with E-state index in [2.05, 4.69) is 52.4 Å². The number of sulfonamides is 1. The van der Waals surface area contributed by atoms with Crippen LogP contribution in [0.3, 0.4) is 0 Å². The summed E-state index contributed by atoms with van der Waals surface area (Å²) in [7, 11) is -3.37. The van der Waals surface area contributed by atoms with Crippen LogP contribution >= 0.6 is 27.7 Å². The van der Waals surface area contributed by atoms with E-state index in [1.165, 1.54) is 14.8 Å². The molecule has 8 heteroatoms. The van der Waals surface area contributed by atoms with Gasteiger partial charge in [0.25, 0.3) is 0 Å². The zero-order chi connectivity index (χ0) is 21.6. The highest BCUT2D eigenvalue weighted by molar-refractivity contribution is 9.10. The highest BCUT2D eigenvalue weighted by Crippen LogP contribution is 2.23. The molecular formula is C22H27BrN2O3S2. The zero-order valence-corrected chi connectivity index (χ0v) is 20.2. The van der Waals surface area contributed by atoms with E-state index >= 15 is 0 Å². The molecule has 0 radical (unpaired) electrons. The summed E-state index contributed by atoms with van der Waals surface area (Å²) in [6.45, 7) is 3.47. The largest absolute Gasteiger partial charge is 0.355 e. The number of hydrogen-bond acceptors (Lipinski definition) is 4. The van der Waals surface area contributed by atoms with E-state index in [1.807, 2.05) is 24.3 Å². The normalized spacial score (nSPS) is 15.8. The fourth-order valence-electron chi connectivity index (χ4n) is 3.40. The molecule has 0 saturated carbocycles. The van der Waals surface area contributed by atoms with Gasteiger partial charge in [0.1, 0.15) is 0 Å². The fourth-order valence-corrected chi connectivity index (χ4v) is 6.00. The van der Waals surface area contributed by atoms with Crippen LogP contribution in [-0.4, -0.2) is 44.0 Å². The number of thioether (sulfide) groups is 1. The molecule has 0 spiro atoms. The van der Waals surface area contributed by atoms with Crippen LogP contribution in [0.1, 0.15) is 24.0 Å². The second-order valence-electron chi connectivity index (χ2n) is 7.51. The van der Waals surface area contributed by atoms with Crippen LogP contribution in [0.15, 0.2) is 57.9 Å². The van der Waals surface area contributed by atoms with E-state index < -0.39 is 10.0 Å². The van der Waals surface area contributed by atoms with Crippen molar-refractivity contribution in [3.05, 3.63) is 64.1 Å². The van der Waals surface area contributed by atoms with Crippen molar-refractivity contribution >= 4 is 43.6 Å². The summed E-state index contributed by atoms with van der Waals surface area (Å²) in [4.78, 5) is 13.6. The van der Waals surface area contributed by atoms with Gasteiger partial charge in [-0.2, -0.15) is 0 Å². The Hall–Kier alpha value is -1.35.